The molecule has 7 heteroatoms. The fourth-order valence-corrected chi connectivity index (χ4v) is 3.89. The maximum atomic E-state index is 12.6. The van der Waals surface area contributed by atoms with E-state index < -0.39 is 16.1 Å². The highest BCUT2D eigenvalue weighted by atomic mass is 32.2. The lowest BCUT2D eigenvalue weighted by Crippen LogP contribution is -2.32. The van der Waals surface area contributed by atoms with E-state index in [0.29, 0.717) is 18.7 Å². The summed E-state index contributed by atoms with van der Waals surface area (Å²) in [5, 5.41) is 7.82. The molecule has 1 aromatic heterocycles. The van der Waals surface area contributed by atoms with Crippen molar-refractivity contribution in [2.24, 2.45) is 0 Å². The summed E-state index contributed by atoms with van der Waals surface area (Å²) in [6, 6.07) is 18.6. The standard InChI is InChI=1S/C19H21N3O3S/c1-15-20-21-19(25-15)18(14-17-10-6-3-7-11-17)22-26(23,24)13-12-16-8-4-2-5-9-16/h2-11,18,22H,12-14H2,1H3. The van der Waals surface area contributed by atoms with E-state index in [1.165, 1.54) is 0 Å². The molecule has 2 aromatic carbocycles. The average molecular weight is 371 g/mol. The van der Waals surface area contributed by atoms with Crippen molar-refractivity contribution in [2.45, 2.75) is 25.8 Å². The fourth-order valence-electron chi connectivity index (χ4n) is 2.65. The molecule has 0 saturated heterocycles. The van der Waals surface area contributed by atoms with Crippen molar-refractivity contribution < 1.29 is 12.8 Å². The number of sulfonamides is 1. The Morgan fingerprint density at radius 2 is 1.58 bits per heavy atom. The first-order valence-corrected chi connectivity index (χ1v) is 10.0. The van der Waals surface area contributed by atoms with Gasteiger partial charge in [0.15, 0.2) is 0 Å². The smallest absolute Gasteiger partial charge is 0.234 e. The van der Waals surface area contributed by atoms with Crippen molar-refractivity contribution >= 4 is 10.0 Å². The van der Waals surface area contributed by atoms with Crippen molar-refractivity contribution in [2.75, 3.05) is 5.75 Å². The van der Waals surface area contributed by atoms with Crippen LogP contribution in [0.3, 0.4) is 0 Å². The molecule has 0 spiro atoms. The van der Waals surface area contributed by atoms with Gasteiger partial charge in [0.05, 0.1) is 5.75 Å². The van der Waals surface area contributed by atoms with Gasteiger partial charge in [-0.05, 0) is 24.0 Å². The second kappa shape index (κ2) is 8.25. The molecule has 0 saturated carbocycles. The number of nitrogens with zero attached hydrogens (tertiary/aromatic N) is 2. The summed E-state index contributed by atoms with van der Waals surface area (Å²) in [6.45, 7) is 1.68. The van der Waals surface area contributed by atoms with Gasteiger partial charge in [-0.2, -0.15) is 0 Å². The predicted octanol–water partition coefficient (Wildman–Crippen LogP) is 2.82. The maximum absolute atomic E-state index is 12.6. The minimum atomic E-state index is -3.52. The van der Waals surface area contributed by atoms with Gasteiger partial charge in [0.2, 0.25) is 21.8 Å². The van der Waals surface area contributed by atoms with Crippen molar-refractivity contribution in [3.05, 3.63) is 83.6 Å². The fraction of sp³-hybridized carbons (Fsp3) is 0.263. The van der Waals surface area contributed by atoms with Gasteiger partial charge in [-0.3, -0.25) is 0 Å². The molecule has 6 nitrogen and oxygen atoms in total. The van der Waals surface area contributed by atoms with Crippen LogP contribution in [0.25, 0.3) is 0 Å². The average Bonchev–Trinajstić information content (AvgIpc) is 3.08. The van der Waals surface area contributed by atoms with E-state index in [1.807, 2.05) is 60.7 Å². The maximum Gasteiger partial charge on any atom is 0.234 e. The van der Waals surface area contributed by atoms with Gasteiger partial charge in [0, 0.05) is 6.92 Å². The molecule has 1 atom stereocenters. The van der Waals surface area contributed by atoms with Gasteiger partial charge in [-0.15, -0.1) is 10.2 Å². The Kier molecular flexibility index (Phi) is 5.80. The van der Waals surface area contributed by atoms with Crippen LogP contribution in [0, 0.1) is 6.92 Å². The molecule has 0 aliphatic heterocycles. The molecule has 1 N–H and O–H groups in total. The minimum absolute atomic E-state index is 0.00454. The Bertz CT molecular complexity index is 925. The Labute approximate surface area is 153 Å². The molecular formula is C19H21N3O3S. The van der Waals surface area contributed by atoms with Gasteiger partial charge in [0.25, 0.3) is 0 Å². The molecule has 1 heterocycles. The highest BCUT2D eigenvalue weighted by molar-refractivity contribution is 7.89. The summed E-state index contributed by atoms with van der Waals surface area (Å²) in [5.74, 6) is 0.672. The van der Waals surface area contributed by atoms with E-state index >= 15 is 0 Å². The zero-order valence-electron chi connectivity index (χ0n) is 14.5. The van der Waals surface area contributed by atoms with Crippen molar-refractivity contribution in [1.29, 1.82) is 0 Å². The highest BCUT2D eigenvalue weighted by Gasteiger charge is 2.24. The van der Waals surface area contributed by atoms with Gasteiger partial charge >= 0.3 is 0 Å². The zero-order chi connectivity index (χ0) is 18.4. The second-order valence-electron chi connectivity index (χ2n) is 6.07. The van der Waals surface area contributed by atoms with E-state index in [0.717, 1.165) is 11.1 Å². The van der Waals surface area contributed by atoms with Crippen molar-refractivity contribution in [1.82, 2.24) is 14.9 Å². The third-order valence-electron chi connectivity index (χ3n) is 3.95. The van der Waals surface area contributed by atoms with Crippen LogP contribution in [0.2, 0.25) is 0 Å². The Morgan fingerprint density at radius 3 is 2.15 bits per heavy atom. The molecule has 0 amide bonds. The van der Waals surface area contributed by atoms with E-state index in [9.17, 15) is 8.42 Å². The largest absolute Gasteiger partial charge is 0.424 e. The summed E-state index contributed by atoms with van der Waals surface area (Å²) in [4.78, 5) is 0. The molecule has 136 valence electrons. The summed E-state index contributed by atoms with van der Waals surface area (Å²) < 4.78 is 33.4. The minimum Gasteiger partial charge on any atom is -0.424 e. The SMILES string of the molecule is Cc1nnc(C(Cc2ccccc2)NS(=O)(=O)CCc2ccccc2)o1. The first-order valence-electron chi connectivity index (χ1n) is 8.40. The predicted molar refractivity (Wildman–Crippen MR) is 99.0 cm³/mol. The summed E-state index contributed by atoms with van der Waals surface area (Å²) in [7, 11) is -3.52. The molecule has 3 rings (SSSR count). The van der Waals surface area contributed by atoms with Crippen molar-refractivity contribution in [3.63, 3.8) is 0 Å². The van der Waals surface area contributed by atoms with E-state index in [1.54, 1.807) is 6.92 Å². The molecular weight excluding hydrogens is 350 g/mol. The molecule has 0 bridgehead atoms. The lowest BCUT2D eigenvalue weighted by atomic mass is 10.1. The van der Waals surface area contributed by atoms with Gasteiger partial charge < -0.3 is 4.42 Å². The normalized spacial score (nSPS) is 12.8. The lowest BCUT2D eigenvalue weighted by Gasteiger charge is -2.15. The third-order valence-corrected chi connectivity index (χ3v) is 5.33. The zero-order valence-corrected chi connectivity index (χ0v) is 15.3. The van der Waals surface area contributed by atoms with Crippen LogP contribution in [0.5, 0.6) is 0 Å². The van der Waals surface area contributed by atoms with Crippen molar-refractivity contribution in [3.8, 4) is 0 Å². The molecule has 0 aliphatic rings. The van der Waals surface area contributed by atoms with Crippen LogP contribution in [0.1, 0.15) is 29.0 Å². The van der Waals surface area contributed by atoms with Crippen LogP contribution in [0.4, 0.5) is 0 Å². The number of nitrogens with one attached hydrogen (secondary N) is 1. The molecule has 0 aliphatic carbocycles. The topological polar surface area (TPSA) is 85.1 Å². The number of hydrogen-bond acceptors (Lipinski definition) is 5. The third kappa shape index (κ3) is 5.24. The van der Waals surface area contributed by atoms with Crippen LogP contribution < -0.4 is 4.72 Å². The first kappa shape index (κ1) is 18.3. The quantitative estimate of drug-likeness (QED) is 0.658. The summed E-state index contributed by atoms with van der Waals surface area (Å²) >= 11 is 0. The van der Waals surface area contributed by atoms with E-state index in [-0.39, 0.29) is 11.6 Å². The Morgan fingerprint density at radius 1 is 0.962 bits per heavy atom. The van der Waals surface area contributed by atoms with Crippen LogP contribution >= 0.6 is 0 Å². The molecule has 26 heavy (non-hydrogen) atoms. The second-order valence-corrected chi connectivity index (χ2v) is 7.95. The van der Waals surface area contributed by atoms with Crippen LogP contribution in [0.15, 0.2) is 65.1 Å². The highest BCUT2D eigenvalue weighted by Crippen LogP contribution is 2.19. The Hall–Kier alpha value is -2.51. The number of benzene rings is 2. The van der Waals surface area contributed by atoms with Crippen LogP contribution in [-0.4, -0.2) is 24.4 Å². The van der Waals surface area contributed by atoms with Crippen LogP contribution in [-0.2, 0) is 22.9 Å². The number of aryl methyl sites for hydroxylation is 2. The summed E-state index contributed by atoms with van der Waals surface area (Å²) in [5.41, 5.74) is 1.96. The van der Waals surface area contributed by atoms with E-state index in [2.05, 4.69) is 14.9 Å². The molecule has 1 unspecified atom stereocenters. The molecule has 0 fully saturated rings. The number of hydrogen-bond donors (Lipinski definition) is 1. The molecule has 3 aromatic rings. The Balaban J connectivity index is 1.73. The summed E-state index contributed by atoms with van der Waals surface area (Å²) in [6.07, 6.45) is 0.879. The van der Waals surface area contributed by atoms with E-state index in [4.69, 9.17) is 4.42 Å². The monoisotopic (exact) mass is 371 g/mol. The first-order chi connectivity index (χ1) is 12.5. The van der Waals surface area contributed by atoms with Gasteiger partial charge in [0.1, 0.15) is 6.04 Å². The lowest BCUT2D eigenvalue weighted by molar-refractivity contribution is 0.411. The molecule has 0 radical (unpaired) electrons. The van der Waals surface area contributed by atoms with Gasteiger partial charge in [-0.1, -0.05) is 60.7 Å². The number of aromatic nitrogens is 2. The number of rotatable bonds is 8. The van der Waals surface area contributed by atoms with Gasteiger partial charge in [-0.25, -0.2) is 13.1 Å².